The van der Waals surface area contributed by atoms with Gasteiger partial charge in [-0.15, -0.1) is 11.8 Å². The van der Waals surface area contributed by atoms with E-state index in [1.54, 1.807) is 0 Å². The van der Waals surface area contributed by atoms with E-state index in [0.29, 0.717) is 5.75 Å². The van der Waals surface area contributed by atoms with Gasteiger partial charge < -0.3 is 5.11 Å². The van der Waals surface area contributed by atoms with Crippen LogP contribution in [-0.2, 0) is 19.3 Å². The Bertz CT molecular complexity index is 727. The maximum Gasteiger partial charge on any atom is 0.123 e. The van der Waals surface area contributed by atoms with Gasteiger partial charge in [-0.3, -0.25) is 0 Å². The third kappa shape index (κ3) is 19.6. The molecule has 0 bridgehead atoms. The normalized spacial score (nSPS) is 11.5. The zero-order chi connectivity index (χ0) is 30.5. The van der Waals surface area contributed by atoms with Crippen LogP contribution in [0, 0.1) is 0 Å². The molecule has 1 aromatic rings. The Labute approximate surface area is 269 Å². The number of aryl methyl sites for hydroxylation is 2. The zero-order valence-corrected chi connectivity index (χ0v) is 30.0. The molecule has 246 valence electrons. The number of thioether (sulfide) groups is 1. The quantitative estimate of drug-likeness (QED) is 0.0674. The van der Waals surface area contributed by atoms with Crippen molar-refractivity contribution in [1.29, 1.82) is 0 Å². The number of hydrogen-bond acceptors (Lipinski definition) is 2. The number of phenolic OH excluding ortho intramolecular Hbond substituents is 1. The van der Waals surface area contributed by atoms with Gasteiger partial charge in [0.2, 0.25) is 0 Å². The van der Waals surface area contributed by atoms with Crippen LogP contribution in [0.25, 0.3) is 0 Å². The van der Waals surface area contributed by atoms with Crippen LogP contribution >= 0.6 is 11.8 Å². The summed E-state index contributed by atoms with van der Waals surface area (Å²) in [6, 6.07) is 2.41. The van der Waals surface area contributed by atoms with Gasteiger partial charge in [0.15, 0.2) is 0 Å². The first kappa shape index (κ1) is 39.4. The van der Waals surface area contributed by atoms with E-state index >= 15 is 0 Å². The van der Waals surface area contributed by atoms with Gasteiger partial charge in [-0.05, 0) is 55.9 Å². The molecule has 0 heterocycles. The predicted octanol–water partition coefficient (Wildman–Crippen LogP) is 14.3. The van der Waals surface area contributed by atoms with Crippen molar-refractivity contribution >= 4 is 11.8 Å². The van der Waals surface area contributed by atoms with Crippen molar-refractivity contribution < 1.29 is 5.11 Å². The Kier molecular flexibility index (Phi) is 27.3. The lowest BCUT2D eigenvalue weighted by Gasteiger charge is -2.19. The fourth-order valence-electron chi connectivity index (χ4n) is 6.57. The van der Waals surface area contributed by atoms with Crippen molar-refractivity contribution in [3.63, 3.8) is 0 Å². The van der Waals surface area contributed by atoms with Crippen LogP contribution in [-0.4, -0.2) is 11.4 Å². The van der Waals surface area contributed by atoms with Gasteiger partial charge in [0.05, 0.1) is 0 Å². The standard InChI is InChI=1S/C40H74OS/c1-5-8-11-14-17-19-21-24-26-29-32-36-35-37(33-30-27-23-16-13-10-7-3)40(42-4)38(39(36)41)34-31-28-25-22-20-18-15-12-9-6-2/h35,41H,5-34H2,1-4H3. The van der Waals surface area contributed by atoms with Crippen molar-refractivity contribution in [1.82, 2.24) is 0 Å². The molecule has 0 radical (unpaired) electrons. The van der Waals surface area contributed by atoms with E-state index in [9.17, 15) is 5.11 Å². The molecule has 1 N–H and O–H groups in total. The Hall–Kier alpha value is -0.630. The van der Waals surface area contributed by atoms with E-state index in [0.717, 1.165) is 12.8 Å². The van der Waals surface area contributed by atoms with Crippen LogP contribution in [0.3, 0.4) is 0 Å². The monoisotopic (exact) mass is 603 g/mol. The molecule has 0 aliphatic rings. The molecular formula is C40H74OS. The average molecular weight is 603 g/mol. The average Bonchev–Trinajstić information content (AvgIpc) is 3.00. The van der Waals surface area contributed by atoms with Gasteiger partial charge in [-0.1, -0.05) is 181 Å². The van der Waals surface area contributed by atoms with Crippen molar-refractivity contribution in [3.8, 4) is 5.75 Å². The summed E-state index contributed by atoms with van der Waals surface area (Å²) >= 11 is 1.89. The highest BCUT2D eigenvalue weighted by molar-refractivity contribution is 7.98. The van der Waals surface area contributed by atoms with Crippen LogP contribution < -0.4 is 0 Å². The van der Waals surface area contributed by atoms with E-state index in [4.69, 9.17) is 0 Å². The van der Waals surface area contributed by atoms with Crippen LogP contribution in [0.2, 0.25) is 0 Å². The van der Waals surface area contributed by atoms with Gasteiger partial charge in [0.1, 0.15) is 5.75 Å². The molecule has 0 amide bonds. The molecule has 0 aliphatic heterocycles. The molecule has 42 heavy (non-hydrogen) atoms. The Morgan fingerprint density at radius 2 is 0.738 bits per heavy atom. The molecule has 0 aliphatic carbocycles. The minimum absolute atomic E-state index is 0.648. The third-order valence-electron chi connectivity index (χ3n) is 9.34. The molecule has 0 spiro atoms. The summed E-state index contributed by atoms with van der Waals surface area (Å²) in [4.78, 5) is 1.40. The molecule has 1 nitrogen and oxygen atoms in total. The van der Waals surface area contributed by atoms with Crippen LogP contribution in [0.1, 0.15) is 211 Å². The predicted molar refractivity (Wildman–Crippen MR) is 193 cm³/mol. The second-order valence-corrected chi connectivity index (χ2v) is 14.1. The summed E-state index contributed by atoms with van der Waals surface area (Å²) < 4.78 is 0. The van der Waals surface area contributed by atoms with Gasteiger partial charge in [0.25, 0.3) is 0 Å². The minimum atomic E-state index is 0.648. The number of unbranched alkanes of at least 4 members (excludes halogenated alkanes) is 24. The lowest BCUT2D eigenvalue weighted by Crippen LogP contribution is -2.01. The van der Waals surface area contributed by atoms with E-state index < -0.39 is 0 Å². The van der Waals surface area contributed by atoms with Crippen molar-refractivity contribution in [2.45, 2.75) is 218 Å². The Morgan fingerprint density at radius 1 is 0.429 bits per heavy atom. The Balaban J connectivity index is 2.64. The lowest BCUT2D eigenvalue weighted by molar-refractivity contribution is 0.453. The van der Waals surface area contributed by atoms with Crippen LogP contribution in [0.5, 0.6) is 5.75 Å². The summed E-state index contributed by atoms with van der Waals surface area (Å²) in [5, 5.41) is 11.5. The first-order valence-electron chi connectivity index (χ1n) is 19.1. The molecule has 0 aromatic heterocycles. The van der Waals surface area contributed by atoms with Gasteiger partial charge in [-0.25, -0.2) is 0 Å². The van der Waals surface area contributed by atoms with Crippen LogP contribution in [0.4, 0.5) is 0 Å². The molecule has 1 rings (SSSR count). The van der Waals surface area contributed by atoms with E-state index in [1.807, 2.05) is 11.8 Å². The summed E-state index contributed by atoms with van der Waals surface area (Å²) in [5.41, 5.74) is 4.05. The molecule has 0 saturated carbocycles. The third-order valence-corrected chi connectivity index (χ3v) is 10.3. The van der Waals surface area contributed by atoms with E-state index in [-0.39, 0.29) is 0 Å². The van der Waals surface area contributed by atoms with Crippen molar-refractivity contribution in [2.24, 2.45) is 0 Å². The smallest absolute Gasteiger partial charge is 0.123 e. The second kappa shape index (κ2) is 29.1. The second-order valence-electron chi connectivity index (χ2n) is 13.3. The topological polar surface area (TPSA) is 20.2 Å². The van der Waals surface area contributed by atoms with Gasteiger partial charge >= 0.3 is 0 Å². The molecule has 0 fully saturated rings. The molecule has 2 heteroatoms. The number of aromatic hydroxyl groups is 1. The van der Waals surface area contributed by atoms with Gasteiger partial charge in [-0.2, -0.15) is 0 Å². The van der Waals surface area contributed by atoms with Crippen LogP contribution in [0.15, 0.2) is 11.0 Å². The fourth-order valence-corrected chi connectivity index (χ4v) is 7.43. The SMILES string of the molecule is CCCCCCCCCCCCc1cc(CCCCCCCCC)c(SC)c(CCCCCCCCCCCC)c1O. The first-order valence-corrected chi connectivity index (χ1v) is 20.3. The highest BCUT2D eigenvalue weighted by Gasteiger charge is 2.17. The first-order chi connectivity index (χ1) is 20.7. The highest BCUT2D eigenvalue weighted by Crippen LogP contribution is 2.38. The van der Waals surface area contributed by atoms with E-state index in [2.05, 4.69) is 33.1 Å². The summed E-state index contributed by atoms with van der Waals surface area (Å²) in [6.45, 7) is 6.90. The highest BCUT2D eigenvalue weighted by atomic mass is 32.2. The maximum absolute atomic E-state index is 11.5. The van der Waals surface area contributed by atoms with E-state index in [1.165, 1.54) is 201 Å². The summed E-state index contributed by atoms with van der Waals surface area (Å²) in [5.74, 6) is 0.648. The molecule has 0 atom stereocenters. The molecule has 0 saturated heterocycles. The lowest BCUT2D eigenvalue weighted by atomic mass is 9.93. The Morgan fingerprint density at radius 3 is 1.10 bits per heavy atom. The summed E-state index contributed by atoms with van der Waals surface area (Å²) in [6.07, 6.45) is 42.4. The van der Waals surface area contributed by atoms with Crippen molar-refractivity contribution in [2.75, 3.05) is 6.26 Å². The number of phenols is 1. The minimum Gasteiger partial charge on any atom is -0.507 e. The zero-order valence-electron chi connectivity index (χ0n) is 29.1. The summed E-state index contributed by atoms with van der Waals surface area (Å²) in [7, 11) is 0. The maximum atomic E-state index is 11.5. The number of rotatable bonds is 31. The number of benzene rings is 1. The molecule has 0 unspecified atom stereocenters. The fraction of sp³-hybridized carbons (Fsp3) is 0.850. The largest absolute Gasteiger partial charge is 0.507 e. The molecule has 1 aromatic carbocycles. The van der Waals surface area contributed by atoms with Gasteiger partial charge in [0, 0.05) is 10.5 Å². The van der Waals surface area contributed by atoms with Crippen molar-refractivity contribution in [3.05, 3.63) is 22.8 Å². The number of hydrogen-bond donors (Lipinski definition) is 1. The molecular weight excluding hydrogens is 529 g/mol.